The second-order valence-electron chi connectivity index (χ2n) is 25.7. The Bertz CT molecular complexity index is 1940. The van der Waals surface area contributed by atoms with Gasteiger partial charge in [0.1, 0.15) is 67.1 Å². The van der Waals surface area contributed by atoms with Crippen LogP contribution in [0, 0.1) is 0 Å². The molecule has 3 rings (SSSR count). The fourth-order valence-corrected chi connectivity index (χ4v) is 12.2. The topological polar surface area (TPSA) is 373 Å². The lowest BCUT2D eigenvalue weighted by atomic mass is 9.88. The molecule has 91 heavy (non-hydrogen) atoms. The summed E-state index contributed by atoms with van der Waals surface area (Å²) >= 11 is 0. The van der Waals surface area contributed by atoms with E-state index >= 15 is 0 Å². The molecule has 0 bridgehead atoms. The highest BCUT2D eigenvalue weighted by atomic mass is 16.8. The molecule has 532 valence electrons. The normalized spacial score (nSPS) is 28.5. The van der Waals surface area contributed by atoms with Crippen LogP contribution in [-0.4, -0.2) is 215 Å². The maximum atomic E-state index is 13.4. The molecule has 0 aromatic heterocycles. The van der Waals surface area contributed by atoms with Crippen molar-refractivity contribution in [3.63, 3.8) is 0 Å². The summed E-state index contributed by atoms with van der Waals surface area (Å²) in [4.78, 5) is 38.5. The minimum absolute atomic E-state index is 0.199. The van der Waals surface area contributed by atoms with Gasteiger partial charge in [-0.25, -0.2) is 4.79 Å². The molecule has 0 aromatic carbocycles. The van der Waals surface area contributed by atoms with Crippen LogP contribution in [0.3, 0.4) is 0 Å². The first-order chi connectivity index (χ1) is 43.9. The number of hydrogen-bond donors (Lipinski definition) is 14. The van der Waals surface area contributed by atoms with E-state index in [9.17, 15) is 75.7 Å². The lowest BCUT2D eigenvalue weighted by Gasteiger charge is -2.50. The molecule has 0 saturated carbocycles. The Morgan fingerprint density at radius 2 is 1.03 bits per heavy atom. The van der Waals surface area contributed by atoms with E-state index in [1.165, 1.54) is 154 Å². The van der Waals surface area contributed by atoms with Crippen molar-refractivity contribution in [2.24, 2.45) is 0 Å². The number of allylic oxidation sites excluding steroid dienone is 3. The summed E-state index contributed by atoms with van der Waals surface area (Å²) in [5, 5.41) is 136. The van der Waals surface area contributed by atoms with Crippen molar-refractivity contribution in [2.75, 3.05) is 26.4 Å². The SMILES string of the molecule is CCCCCCCCCCCC/C=C/C(O)C(COC1OC(CO)C(OC2OC(CO)C(O)C(OC3(C(=O)O)CC(O)C(NC(C)=O)C(C(O)C(O)CO)O3)C2O)C(O)C1O)NC(=O)CCCCCCCCCCC/C=C\CCCCCCCCCCCCCC. The Morgan fingerprint density at radius 3 is 1.49 bits per heavy atom. The highest BCUT2D eigenvalue weighted by molar-refractivity contribution is 5.77. The van der Waals surface area contributed by atoms with E-state index in [0.29, 0.717) is 12.8 Å². The third-order valence-corrected chi connectivity index (χ3v) is 17.9. The third kappa shape index (κ3) is 31.3. The van der Waals surface area contributed by atoms with Crippen molar-refractivity contribution < 1.29 is 104 Å². The predicted octanol–water partition coefficient (Wildman–Crippen LogP) is 6.45. The van der Waals surface area contributed by atoms with Crippen LogP contribution in [0.15, 0.2) is 24.3 Å². The van der Waals surface area contributed by atoms with Crippen molar-refractivity contribution in [3.8, 4) is 0 Å². The fraction of sp³-hybridized carbons (Fsp3) is 0.897. The third-order valence-electron chi connectivity index (χ3n) is 17.9. The number of carboxylic acid groups (broad SMARTS) is 1. The molecule has 3 saturated heterocycles. The monoisotopic (exact) mass is 1300 g/mol. The summed E-state index contributed by atoms with van der Waals surface area (Å²) in [6.07, 6.45) is 19.5. The molecule has 0 spiro atoms. The van der Waals surface area contributed by atoms with Gasteiger partial charge in [0.15, 0.2) is 12.6 Å². The molecule has 3 aliphatic heterocycles. The zero-order chi connectivity index (χ0) is 66.8. The number of rotatable bonds is 53. The van der Waals surface area contributed by atoms with Crippen LogP contribution in [0.4, 0.5) is 0 Å². The number of aliphatic carboxylic acids is 1. The fourth-order valence-electron chi connectivity index (χ4n) is 12.2. The van der Waals surface area contributed by atoms with E-state index in [2.05, 4.69) is 36.6 Å². The largest absolute Gasteiger partial charge is 0.477 e. The van der Waals surface area contributed by atoms with Crippen LogP contribution >= 0.6 is 0 Å². The average molecular weight is 1310 g/mol. The minimum atomic E-state index is -3.08. The Hall–Kier alpha value is -2.79. The van der Waals surface area contributed by atoms with Crippen molar-refractivity contribution in [1.29, 1.82) is 0 Å². The zero-order valence-corrected chi connectivity index (χ0v) is 55.4. The van der Waals surface area contributed by atoms with Crippen LogP contribution in [0.5, 0.6) is 0 Å². The van der Waals surface area contributed by atoms with Crippen LogP contribution in [-0.2, 0) is 42.8 Å². The predicted molar refractivity (Wildman–Crippen MR) is 343 cm³/mol. The average Bonchev–Trinajstić information content (AvgIpc) is 0.781. The summed E-state index contributed by atoms with van der Waals surface area (Å²) in [7, 11) is 0. The number of hydrogen-bond acceptors (Lipinski definition) is 20. The number of amides is 2. The summed E-state index contributed by atoms with van der Waals surface area (Å²) in [6.45, 7) is 2.12. The second-order valence-corrected chi connectivity index (χ2v) is 25.7. The molecule has 18 unspecified atom stereocenters. The van der Waals surface area contributed by atoms with Gasteiger partial charge in [-0.05, 0) is 44.9 Å². The second kappa shape index (κ2) is 48.8. The molecule has 2 amide bonds. The number of aliphatic hydroxyl groups is 11. The van der Waals surface area contributed by atoms with Gasteiger partial charge in [0.2, 0.25) is 11.8 Å². The quantitative estimate of drug-likeness (QED) is 0.0230. The summed E-state index contributed by atoms with van der Waals surface area (Å²) in [6, 6.07) is -2.62. The molecular weight excluding hydrogens is 1180 g/mol. The van der Waals surface area contributed by atoms with Gasteiger partial charge in [0.05, 0.1) is 50.7 Å². The van der Waals surface area contributed by atoms with Crippen molar-refractivity contribution in [2.45, 2.75) is 362 Å². The molecule has 23 heteroatoms. The van der Waals surface area contributed by atoms with Crippen LogP contribution < -0.4 is 10.6 Å². The molecule has 3 heterocycles. The maximum Gasteiger partial charge on any atom is 0.364 e. The molecule has 3 aliphatic rings. The number of aliphatic hydroxyl groups excluding tert-OH is 11. The molecule has 0 aliphatic carbocycles. The van der Waals surface area contributed by atoms with E-state index in [-0.39, 0.29) is 12.3 Å². The van der Waals surface area contributed by atoms with E-state index in [1.807, 2.05) is 6.08 Å². The van der Waals surface area contributed by atoms with Gasteiger partial charge >= 0.3 is 5.97 Å². The molecule has 0 aromatic rings. The zero-order valence-electron chi connectivity index (χ0n) is 55.4. The van der Waals surface area contributed by atoms with Gasteiger partial charge in [-0.2, -0.15) is 0 Å². The van der Waals surface area contributed by atoms with E-state index in [4.69, 9.17) is 28.4 Å². The number of ether oxygens (including phenoxy) is 6. The summed E-state index contributed by atoms with van der Waals surface area (Å²) in [5.41, 5.74) is 0. The highest BCUT2D eigenvalue weighted by Crippen LogP contribution is 2.39. The number of unbranched alkanes of at least 4 members (excludes halogenated alkanes) is 31. The Balaban J connectivity index is 1.55. The molecule has 3 fully saturated rings. The molecule has 0 radical (unpaired) electrons. The molecule has 23 nitrogen and oxygen atoms in total. The summed E-state index contributed by atoms with van der Waals surface area (Å²) < 4.78 is 34.8. The van der Waals surface area contributed by atoms with Crippen molar-refractivity contribution >= 4 is 17.8 Å². The maximum absolute atomic E-state index is 13.4. The number of carboxylic acids is 1. The first-order valence-corrected chi connectivity index (χ1v) is 35.2. The minimum Gasteiger partial charge on any atom is -0.477 e. The van der Waals surface area contributed by atoms with Gasteiger partial charge in [-0.15, -0.1) is 0 Å². The highest BCUT2D eigenvalue weighted by Gasteiger charge is 2.60. The number of nitrogens with one attached hydrogen (secondary N) is 2. The Kier molecular flexibility index (Phi) is 44.2. The van der Waals surface area contributed by atoms with Gasteiger partial charge in [-0.1, -0.05) is 212 Å². The number of carbonyl (C=O) groups excluding carboxylic acids is 2. The molecule has 18 atom stereocenters. The van der Waals surface area contributed by atoms with Crippen LogP contribution in [0.2, 0.25) is 0 Å². The standard InChI is InChI=1S/C68H124N2O21/c1-4-6-8-10-12-14-16-18-19-20-21-22-23-24-25-26-27-28-29-30-32-34-36-38-40-42-55(78)70-49(50(75)41-39-37-35-33-31-17-15-13-11-9-7-5-2)47-86-65-60(82)59(81)62(54(46-73)88-65)89-66-61(83)64(58(80)53(45-72)87-66)91-68(67(84)85)43-51(76)56(69-48(3)74)63(90-68)57(79)52(77)44-71/h24-25,39,41,49-54,56-66,71-73,75-77,79-83H,4-23,26-38,40,42-47H2,1-3H3,(H,69,74)(H,70,78)(H,84,85)/b25-24-,41-39+. The van der Waals surface area contributed by atoms with Gasteiger partial charge in [0.25, 0.3) is 5.79 Å². The van der Waals surface area contributed by atoms with Gasteiger partial charge < -0.3 is 100 Å². The smallest absolute Gasteiger partial charge is 0.364 e. The first-order valence-electron chi connectivity index (χ1n) is 35.2. The number of carbonyl (C=O) groups is 3. The first kappa shape index (κ1) is 82.4. The molecule has 14 N–H and O–H groups in total. The van der Waals surface area contributed by atoms with Crippen LogP contribution in [0.25, 0.3) is 0 Å². The molecular formula is C68H124N2O21. The lowest BCUT2D eigenvalue weighted by molar-refractivity contribution is -0.386. The van der Waals surface area contributed by atoms with E-state index < -0.39 is 155 Å². The Labute approximate surface area is 543 Å². The van der Waals surface area contributed by atoms with Crippen LogP contribution in [0.1, 0.15) is 252 Å². The van der Waals surface area contributed by atoms with Gasteiger partial charge in [-0.3, -0.25) is 9.59 Å². The summed E-state index contributed by atoms with van der Waals surface area (Å²) in [5.74, 6) is -6.14. The van der Waals surface area contributed by atoms with Gasteiger partial charge in [0, 0.05) is 19.8 Å². The van der Waals surface area contributed by atoms with E-state index in [1.54, 1.807) is 6.08 Å². The lowest BCUT2D eigenvalue weighted by Crippen LogP contribution is -2.70. The van der Waals surface area contributed by atoms with Crippen molar-refractivity contribution in [1.82, 2.24) is 10.6 Å². The Morgan fingerprint density at radius 1 is 0.571 bits per heavy atom. The van der Waals surface area contributed by atoms with Crippen molar-refractivity contribution in [3.05, 3.63) is 24.3 Å². The van der Waals surface area contributed by atoms with E-state index in [0.717, 1.165) is 58.3 Å².